The maximum atomic E-state index is 13.1. The van der Waals surface area contributed by atoms with Crippen molar-refractivity contribution in [1.29, 1.82) is 0 Å². The minimum absolute atomic E-state index is 0.0308. The fraction of sp³-hybridized carbons (Fsp3) is 0.174. The van der Waals surface area contributed by atoms with Crippen molar-refractivity contribution in [2.45, 2.75) is 12.3 Å². The first kappa shape index (κ1) is 23.2. The number of imidazole rings is 1. The Bertz CT molecular complexity index is 1320. The molecule has 0 aliphatic carbocycles. The molecule has 4 rings (SSSR count). The van der Waals surface area contributed by atoms with Crippen LogP contribution in [0.5, 0.6) is 5.75 Å². The number of rotatable bonds is 7. The largest absolute Gasteiger partial charge is 0.491 e. The quantitative estimate of drug-likeness (QED) is 0.380. The fourth-order valence-corrected chi connectivity index (χ4v) is 3.15. The third-order valence-corrected chi connectivity index (χ3v) is 4.82. The lowest BCUT2D eigenvalue weighted by atomic mass is 10.2. The highest BCUT2D eigenvalue weighted by molar-refractivity contribution is 6.03. The molecule has 0 spiro atoms. The SMILES string of the molecule is O=C(Nc1cccc(OCC(O)CO)c1)c1ccc2ncn(-c3cccc(C(F)(F)F)c3)c2n1. The molecular formula is C23H19F3N4O4. The summed E-state index contributed by atoms with van der Waals surface area (Å²) in [5.74, 6) is -0.178. The van der Waals surface area contributed by atoms with Gasteiger partial charge in [0, 0.05) is 17.4 Å². The summed E-state index contributed by atoms with van der Waals surface area (Å²) in [6, 6.07) is 14.2. The number of halogens is 3. The Morgan fingerprint density at radius 1 is 1.12 bits per heavy atom. The van der Waals surface area contributed by atoms with E-state index in [9.17, 15) is 23.1 Å². The van der Waals surface area contributed by atoms with Crippen LogP contribution in [-0.4, -0.2) is 50.0 Å². The average molecular weight is 472 g/mol. The second kappa shape index (κ2) is 9.49. The molecule has 4 aromatic rings. The zero-order valence-corrected chi connectivity index (χ0v) is 17.5. The van der Waals surface area contributed by atoms with E-state index >= 15 is 0 Å². The first-order valence-corrected chi connectivity index (χ1v) is 10.1. The van der Waals surface area contributed by atoms with E-state index in [4.69, 9.17) is 9.84 Å². The van der Waals surface area contributed by atoms with Crippen molar-refractivity contribution in [3.05, 3.63) is 78.2 Å². The Hall–Kier alpha value is -3.96. The monoisotopic (exact) mass is 472 g/mol. The summed E-state index contributed by atoms with van der Waals surface area (Å²) in [6.45, 7) is -0.562. The molecule has 2 aromatic carbocycles. The van der Waals surface area contributed by atoms with Gasteiger partial charge in [-0.05, 0) is 42.5 Å². The molecule has 0 saturated heterocycles. The molecule has 0 aliphatic rings. The molecule has 1 amide bonds. The Labute approximate surface area is 191 Å². The Balaban J connectivity index is 1.57. The van der Waals surface area contributed by atoms with Crippen LogP contribution in [-0.2, 0) is 6.18 Å². The first-order chi connectivity index (χ1) is 16.2. The predicted octanol–water partition coefficient (Wildman–Crippen LogP) is 3.42. The van der Waals surface area contributed by atoms with Crippen LogP contribution in [0.2, 0.25) is 0 Å². The molecule has 1 unspecified atom stereocenters. The van der Waals surface area contributed by atoms with Crippen LogP contribution >= 0.6 is 0 Å². The minimum atomic E-state index is -4.50. The number of anilines is 1. The van der Waals surface area contributed by atoms with E-state index < -0.39 is 30.4 Å². The number of hydrogen-bond acceptors (Lipinski definition) is 6. The summed E-state index contributed by atoms with van der Waals surface area (Å²) in [5.41, 5.74) is 0.457. The lowest BCUT2D eigenvalue weighted by Gasteiger charge is -2.11. The van der Waals surface area contributed by atoms with Crippen LogP contribution in [0, 0.1) is 0 Å². The van der Waals surface area contributed by atoms with Crippen LogP contribution in [0.1, 0.15) is 16.1 Å². The third-order valence-electron chi connectivity index (χ3n) is 4.82. The number of alkyl halides is 3. The number of pyridine rings is 1. The molecule has 8 nitrogen and oxygen atoms in total. The van der Waals surface area contributed by atoms with Crippen molar-refractivity contribution >= 4 is 22.8 Å². The zero-order chi connectivity index (χ0) is 24.3. The van der Waals surface area contributed by atoms with Crippen LogP contribution in [0.25, 0.3) is 16.9 Å². The van der Waals surface area contributed by atoms with E-state index in [1.54, 1.807) is 24.3 Å². The van der Waals surface area contributed by atoms with Crippen molar-refractivity contribution in [1.82, 2.24) is 14.5 Å². The van der Waals surface area contributed by atoms with Crippen LogP contribution in [0.15, 0.2) is 67.0 Å². The van der Waals surface area contributed by atoms with Gasteiger partial charge in [0.2, 0.25) is 0 Å². The van der Waals surface area contributed by atoms with Crippen LogP contribution in [0.3, 0.4) is 0 Å². The van der Waals surface area contributed by atoms with Crippen molar-refractivity contribution < 1.29 is 32.9 Å². The van der Waals surface area contributed by atoms with Gasteiger partial charge < -0.3 is 20.3 Å². The number of benzene rings is 2. The normalized spacial score (nSPS) is 12.5. The van der Waals surface area contributed by atoms with Gasteiger partial charge in [0.25, 0.3) is 5.91 Å². The van der Waals surface area contributed by atoms with Gasteiger partial charge in [-0.25, -0.2) is 9.97 Å². The van der Waals surface area contributed by atoms with Gasteiger partial charge in [-0.1, -0.05) is 12.1 Å². The van der Waals surface area contributed by atoms with Crippen molar-refractivity contribution in [2.24, 2.45) is 0 Å². The van der Waals surface area contributed by atoms with Gasteiger partial charge in [0.05, 0.1) is 12.2 Å². The summed E-state index contributed by atoms with van der Waals surface area (Å²) in [7, 11) is 0. The number of ether oxygens (including phenoxy) is 1. The van der Waals surface area contributed by atoms with Gasteiger partial charge in [0.15, 0.2) is 5.65 Å². The molecule has 2 heterocycles. The van der Waals surface area contributed by atoms with Crippen LogP contribution < -0.4 is 10.1 Å². The maximum absolute atomic E-state index is 13.1. The second-order valence-electron chi connectivity index (χ2n) is 7.33. The van der Waals surface area contributed by atoms with Crippen molar-refractivity contribution in [3.63, 3.8) is 0 Å². The fourth-order valence-electron chi connectivity index (χ4n) is 3.15. The van der Waals surface area contributed by atoms with Gasteiger partial charge in [-0.2, -0.15) is 13.2 Å². The predicted molar refractivity (Wildman–Crippen MR) is 117 cm³/mol. The zero-order valence-electron chi connectivity index (χ0n) is 17.5. The summed E-state index contributed by atoms with van der Waals surface area (Å²) >= 11 is 0. The molecule has 3 N–H and O–H groups in total. The number of nitrogens with zero attached hydrogens (tertiary/aromatic N) is 3. The number of fused-ring (bicyclic) bond motifs is 1. The van der Waals surface area contributed by atoms with Gasteiger partial charge in [-0.15, -0.1) is 0 Å². The molecule has 0 aliphatic heterocycles. The number of aliphatic hydroxyl groups is 2. The molecule has 0 saturated carbocycles. The molecule has 1 atom stereocenters. The standard InChI is InChI=1S/C23H19F3N4O4/c24-23(25,26)14-3-1-5-16(9-14)30-13-27-19-7-8-20(29-21(19)30)22(33)28-15-4-2-6-18(10-15)34-12-17(32)11-31/h1-10,13,17,31-32H,11-12H2,(H,28,33). The molecule has 0 bridgehead atoms. The van der Waals surface area contributed by atoms with E-state index in [1.807, 2.05) is 0 Å². The average Bonchev–Trinajstić information content (AvgIpc) is 3.25. The lowest BCUT2D eigenvalue weighted by molar-refractivity contribution is -0.137. The number of carbonyl (C=O) groups is 1. The molecule has 11 heteroatoms. The summed E-state index contributed by atoms with van der Waals surface area (Å²) in [4.78, 5) is 21.2. The van der Waals surface area contributed by atoms with E-state index in [-0.39, 0.29) is 23.6 Å². The van der Waals surface area contributed by atoms with E-state index in [0.29, 0.717) is 17.0 Å². The summed E-state index contributed by atoms with van der Waals surface area (Å²) in [5, 5.41) is 20.9. The Morgan fingerprint density at radius 3 is 2.68 bits per heavy atom. The minimum Gasteiger partial charge on any atom is -0.491 e. The van der Waals surface area contributed by atoms with Crippen molar-refractivity contribution in [3.8, 4) is 11.4 Å². The topological polar surface area (TPSA) is 110 Å². The highest BCUT2D eigenvalue weighted by atomic mass is 19.4. The number of amides is 1. The van der Waals surface area contributed by atoms with Gasteiger partial charge in [0.1, 0.15) is 36.0 Å². The Morgan fingerprint density at radius 2 is 1.91 bits per heavy atom. The second-order valence-corrected chi connectivity index (χ2v) is 7.33. The number of nitrogens with one attached hydrogen (secondary N) is 1. The van der Waals surface area contributed by atoms with E-state index in [0.717, 1.165) is 12.1 Å². The highest BCUT2D eigenvalue weighted by Crippen LogP contribution is 2.31. The van der Waals surface area contributed by atoms with Crippen LogP contribution in [0.4, 0.5) is 18.9 Å². The highest BCUT2D eigenvalue weighted by Gasteiger charge is 2.30. The molecule has 0 radical (unpaired) electrons. The summed E-state index contributed by atoms with van der Waals surface area (Å²) in [6.07, 6.45) is -4.19. The third kappa shape index (κ3) is 5.16. The molecule has 2 aromatic heterocycles. The number of aromatic nitrogens is 3. The summed E-state index contributed by atoms with van der Waals surface area (Å²) < 4.78 is 46.1. The molecule has 0 fully saturated rings. The first-order valence-electron chi connectivity index (χ1n) is 10.1. The number of aliphatic hydroxyl groups excluding tert-OH is 2. The van der Waals surface area contributed by atoms with Gasteiger partial charge >= 0.3 is 6.18 Å². The molecule has 176 valence electrons. The Kier molecular flexibility index (Phi) is 6.48. The number of carbonyl (C=O) groups excluding carboxylic acids is 1. The lowest BCUT2D eigenvalue weighted by Crippen LogP contribution is -2.21. The van der Waals surface area contributed by atoms with Gasteiger partial charge in [-0.3, -0.25) is 9.36 Å². The number of hydrogen-bond donors (Lipinski definition) is 3. The maximum Gasteiger partial charge on any atom is 0.416 e. The van der Waals surface area contributed by atoms with E-state index in [1.165, 1.54) is 35.2 Å². The van der Waals surface area contributed by atoms with E-state index in [2.05, 4.69) is 15.3 Å². The molecular weight excluding hydrogens is 453 g/mol. The van der Waals surface area contributed by atoms with Crippen molar-refractivity contribution in [2.75, 3.05) is 18.5 Å². The molecule has 34 heavy (non-hydrogen) atoms. The smallest absolute Gasteiger partial charge is 0.416 e.